The third-order valence-electron chi connectivity index (χ3n) is 3.58. The van der Waals surface area contributed by atoms with Crippen LogP contribution in [-0.4, -0.2) is 35.6 Å². The predicted molar refractivity (Wildman–Crippen MR) is 83.9 cm³/mol. The summed E-state index contributed by atoms with van der Waals surface area (Å²) in [6.07, 6.45) is 4.35. The lowest BCUT2D eigenvalue weighted by Crippen LogP contribution is -2.40. The highest BCUT2D eigenvalue weighted by Gasteiger charge is 2.34. The van der Waals surface area contributed by atoms with Crippen molar-refractivity contribution in [1.82, 2.24) is 15.3 Å². The van der Waals surface area contributed by atoms with Crippen molar-refractivity contribution in [2.75, 3.05) is 30.3 Å². The van der Waals surface area contributed by atoms with E-state index in [0.29, 0.717) is 12.0 Å². The fourth-order valence-electron chi connectivity index (χ4n) is 2.77. The number of nitrogens with two attached hydrogens (primary N) is 1. The SMILES string of the molecule is Nc1nccc(N2C[C@@H]3CCCN[C@@H]3C2)n1.S.S. The summed E-state index contributed by atoms with van der Waals surface area (Å²) in [5.41, 5.74) is 5.61. The fourth-order valence-corrected chi connectivity index (χ4v) is 2.77. The topological polar surface area (TPSA) is 67.1 Å². The second-order valence-corrected chi connectivity index (χ2v) is 4.64. The van der Waals surface area contributed by atoms with Crippen LogP contribution in [0.5, 0.6) is 0 Å². The average molecular weight is 287 g/mol. The van der Waals surface area contributed by atoms with Gasteiger partial charge < -0.3 is 16.0 Å². The molecule has 3 heterocycles. The van der Waals surface area contributed by atoms with E-state index in [1.54, 1.807) is 6.20 Å². The van der Waals surface area contributed by atoms with Gasteiger partial charge in [-0.25, -0.2) is 4.98 Å². The number of piperidine rings is 1. The van der Waals surface area contributed by atoms with Crippen molar-refractivity contribution >= 4 is 38.8 Å². The van der Waals surface area contributed by atoms with Crippen LogP contribution in [0.3, 0.4) is 0 Å². The van der Waals surface area contributed by atoms with Crippen molar-refractivity contribution < 1.29 is 0 Å². The van der Waals surface area contributed by atoms with Crippen LogP contribution in [0.2, 0.25) is 0 Å². The molecule has 0 spiro atoms. The number of anilines is 2. The highest BCUT2D eigenvalue weighted by Crippen LogP contribution is 2.27. The van der Waals surface area contributed by atoms with Gasteiger partial charge in [-0.3, -0.25) is 0 Å². The lowest BCUT2D eigenvalue weighted by atomic mass is 9.94. The van der Waals surface area contributed by atoms with Crippen LogP contribution >= 0.6 is 27.0 Å². The molecule has 18 heavy (non-hydrogen) atoms. The molecule has 0 unspecified atom stereocenters. The highest BCUT2D eigenvalue weighted by atomic mass is 32.1. The standard InChI is InChI=1S/C11H17N5.2H2S/c12-11-14-5-3-10(15-11)16-6-8-2-1-4-13-9(8)7-16;;/h3,5,8-9,13H,1-2,4,6-7H2,(H2,12,14,15);2*1H2/t8-,9+;;/m0../s1. The Morgan fingerprint density at radius 3 is 2.89 bits per heavy atom. The third-order valence-corrected chi connectivity index (χ3v) is 3.58. The maximum Gasteiger partial charge on any atom is 0.221 e. The fraction of sp³-hybridized carbons (Fsp3) is 0.636. The van der Waals surface area contributed by atoms with E-state index in [0.717, 1.165) is 31.4 Å². The summed E-state index contributed by atoms with van der Waals surface area (Å²) in [7, 11) is 0. The molecular formula is C11H21N5S2. The summed E-state index contributed by atoms with van der Waals surface area (Å²) in [5.74, 6) is 2.09. The average Bonchev–Trinajstić information content (AvgIpc) is 2.72. The van der Waals surface area contributed by atoms with Gasteiger partial charge in [0.25, 0.3) is 0 Å². The molecule has 2 atom stereocenters. The zero-order valence-corrected chi connectivity index (χ0v) is 12.3. The first-order chi connectivity index (χ1) is 7.83. The Balaban J connectivity index is 0.000000810. The van der Waals surface area contributed by atoms with Crippen LogP contribution in [0.4, 0.5) is 11.8 Å². The van der Waals surface area contributed by atoms with Crippen LogP contribution in [0.1, 0.15) is 12.8 Å². The van der Waals surface area contributed by atoms with Crippen LogP contribution in [0.15, 0.2) is 12.3 Å². The van der Waals surface area contributed by atoms with Gasteiger partial charge >= 0.3 is 0 Å². The molecule has 3 N–H and O–H groups in total. The molecule has 0 radical (unpaired) electrons. The molecule has 2 aliphatic rings. The summed E-state index contributed by atoms with van der Waals surface area (Å²) < 4.78 is 0. The Kier molecular flexibility index (Phi) is 5.55. The first-order valence-electron chi connectivity index (χ1n) is 5.90. The molecule has 0 amide bonds. The van der Waals surface area contributed by atoms with E-state index in [9.17, 15) is 0 Å². The van der Waals surface area contributed by atoms with Crippen molar-refractivity contribution in [1.29, 1.82) is 0 Å². The molecule has 0 saturated carbocycles. The largest absolute Gasteiger partial charge is 0.368 e. The van der Waals surface area contributed by atoms with Crippen LogP contribution in [-0.2, 0) is 0 Å². The minimum absolute atomic E-state index is 0. The summed E-state index contributed by atoms with van der Waals surface area (Å²) >= 11 is 0. The first kappa shape index (κ1) is 15.4. The Morgan fingerprint density at radius 2 is 2.17 bits per heavy atom. The zero-order valence-electron chi connectivity index (χ0n) is 10.3. The second-order valence-electron chi connectivity index (χ2n) is 4.64. The lowest BCUT2D eigenvalue weighted by molar-refractivity contribution is 0.340. The number of aromatic nitrogens is 2. The number of nitrogens with one attached hydrogen (secondary N) is 1. The second kappa shape index (κ2) is 6.49. The summed E-state index contributed by atoms with van der Waals surface area (Å²) in [6, 6.07) is 2.57. The molecule has 3 rings (SSSR count). The van der Waals surface area contributed by atoms with E-state index in [1.807, 2.05) is 6.07 Å². The van der Waals surface area contributed by atoms with Crippen molar-refractivity contribution in [3.63, 3.8) is 0 Å². The maximum atomic E-state index is 5.61. The molecule has 1 aromatic heterocycles. The Labute approximate surface area is 121 Å². The van der Waals surface area contributed by atoms with E-state index in [2.05, 4.69) is 20.2 Å². The van der Waals surface area contributed by atoms with Gasteiger partial charge in [0.2, 0.25) is 5.95 Å². The molecule has 2 saturated heterocycles. The summed E-state index contributed by atoms with van der Waals surface area (Å²) in [5, 5.41) is 3.58. The molecule has 0 aliphatic carbocycles. The van der Waals surface area contributed by atoms with E-state index < -0.39 is 0 Å². The van der Waals surface area contributed by atoms with Gasteiger partial charge in [0.1, 0.15) is 5.82 Å². The number of nitrogen functional groups attached to an aromatic ring is 1. The molecule has 7 heteroatoms. The molecule has 0 bridgehead atoms. The molecule has 2 fully saturated rings. The third kappa shape index (κ3) is 3.02. The molecule has 5 nitrogen and oxygen atoms in total. The van der Waals surface area contributed by atoms with Gasteiger partial charge in [-0.05, 0) is 31.4 Å². The van der Waals surface area contributed by atoms with E-state index in [-0.39, 0.29) is 27.0 Å². The van der Waals surface area contributed by atoms with Crippen LogP contribution in [0, 0.1) is 5.92 Å². The number of hydrogen-bond acceptors (Lipinski definition) is 5. The van der Waals surface area contributed by atoms with E-state index in [4.69, 9.17) is 5.73 Å². The van der Waals surface area contributed by atoms with Gasteiger partial charge in [0.05, 0.1) is 0 Å². The van der Waals surface area contributed by atoms with Crippen molar-refractivity contribution in [3.8, 4) is 0 Å². The molecular weight excluding hydrogens is 266 g/mol. The monoisotopic (exact) mass is 287 g/mol. The Bertz CT molecular complexity index is 375. The quantitative estimate of drug-likeness (QED) is 0.786. The van der Waals surface area contributed by atoms with E-state index in [1.165, 1.54) is 12.8 Å². The minimum atomic E-state index is 0. The van der Waals surface area contributed by atoms with Gasteiger partial charge in [0, 0.05) is 25.3 Å². The lowest BCUT2D eigenvalue weighted by Gasteiger charge is -2.24. The number of nitrogens with zero attached hydrogens (tertiary/aromatic N) is 3. The van der Waals surface area contributed by atoms with E-state index >= 15 is 0 Å². The number of rotatable bonds is 1. The van der Waals surface area contributed by atoms with Gasteiger partial charge in [0.15, 0.2) is 0 Å². The molecule has 1 aromatic rings. The first-order valence-corrected chi connectivity index (χ1v) is 5.90. The van der Waals surface area contributed by atoms with Crippen molar-refractivity contribution in [2.45, 2.75) is 18.9 Å². The van der Waals surface area contributed by atoms with Crippen LogP contribution < -0.4 is 16.0 Å². The molecule has 102 valence electrons. The highest BCUT2D eigenvalue weighted by molar-refractivity contribution is 7.59. The predicted octanol–water partition coefficient (Wildman–Crippen LogP) is 0.473. The smallest absolute Gasteiger partial charge is 0.221 e. The van der Waals surface area contributed by atoms with Crippen molar-refractivity contribution in [3.05, 3.63) is 12.3 Å². The van der Waals surface area contributed by atoms with Crippen LogP contribution in [0.25, 0.3) is 0 Å². The minimum Gasteiger partial charge on any atom is -0.368 e. The zero-order chi connectivity index (χ0) is 11.0. The molecule has 2 aliphatic heterocycles. The maximum absolute atomic E-state index is 5.61. The number of hydrogen-bond donors (Lipinski definition) is 2. The summed E-state index contributed by atoms with van der Waals surface area (Å²) in [6.45, 7) is 3.29. The normalized spacial score (nSPS) is 25.9. The Hall–Kier alpha value is -0.660. The number of fused-ring (bicyclic) bond motifs is 1. The summed E-state index contributed by atoms with van der Waals surface area (Å²) in [4.78, 5) is 10.5. The Morgan fingerprint density at radius 1 is 1.33 bits per heavy atom. The van der Waals surface area contributed by atoms with Gasteiger partial charge in [-0.2, -0.15) is 32.0 Å². The van der Waals surface area contributed by atoms with Gasteiger partial charge in [-0.15, -0.1) is 0 Å². The molecule has 0 aromatic carbocycles. The van der Waals surface area contributed by atoms with Crippen molar-refractivity contribution in [2.24, 2.45) is 5.92 Å². The van der Waals surface area contributed by atoms with Gasteiger partial charge in [-0.1, -0.05) is 0 Å².